The van der Waals surface area contributed by atoms with Crippen molar-refractivity contribution in [2.45, 2.75) is 44.4 Å². The van der Waals surface area contributed by atoms with Crippen molar-refractivity contribution in [1.29, 1.82) is 0 Å². The number of nitrogens with zero attached hydrogens (tertiary/aromatic N) is 3. The molecule has 0 saturated carbocycles. The first kappa shape index (κ1) is 17.2. The topological polar surface area (TPSA) is 91.0 Å². The fraction of sp³-hybridized carbons (Fsp3) is 0.429. The average Bonchev–Trinajstić information content (AvgIpc) is 2.73. The maximum Gasteiger partial charge on any atom is 0.258 e. The second-order valence-corrected chi connectivity index (χ2v) is 7.68. The molecular weight excluding hydrogens is 354 g/mol. The second kappa shape index (κ2) is 6.89. The van der Waals surface area contributed by atoms with Crippen molar-refractivity contribution < 1.29 is 4.79 Å². The third kappa shape index (κ3) is 2.82. The molecule has 0 aromatic carbocycles. The molecule has 2 N–H and O–H groups in total. The van der Waals surface area contributed by atoms with Crippen LogP contribution < -0.4 is 15.8 Å². The van der Waals surface area contributed by atoms with Gasteiger partial charge in [-0.15, -0.1) is 0 Å². The number of H-pyrrole nitrogens is 1. The van der Waals surface area contributed by atoms with Crippen molar-refractivity contribution in [2.24, 2.45) is 0 Å². The van der Waals surface area contributed by atoms with Gasteiger partial charge in [-0.05, 0) is 44.2 Å². The number of aromatic nitrogens is 3. The van der Waals surface area contributed by atoms with Crippen LogP contribution in [-0.2, 0) is 4.79 Å². The van der Waals surface area contributed by atoms with Crippen molar-refractivity contribution in [3.8, 4) is 0 Å². The average molecular weight is 377 g/mol. The quantitative estimate of drug-likeness (QED) is 0.836. The number of allylic oxidation sites excluding steroid dienone is 2. The number of nitrogens with one attached hydrogen (secondary N) is 2. The third-order valence-corrected chi connectivity index (χ3v) is 5.88. The number of Topliss-reactive ketones (excluding diaryl/α,β-unsaturated/α-hetero) is 1. The van der Waals surface area contributed by atoms with E-state index < -0.39 is 5.92 Å². The van der Waals surface area contributed by atoms with E-state index in [9.17, 15) is 9.59 Å². The number of rotatable bonds is 2. The summed E-state index contributed by atoms with van der Waals surface area (Å²) in [5, 5.41) is 3.32. The van der Waals surface area contributed by atoms with Gasteiger partial charge in [0.2, 0.25) is 5.95 Å². The first-order valence-corrected chi connectivity index (χ1v) is 10.1. The van der Waals surface area contributed by atoms with Crippen LogP contribution >= 0.6 is 0 Å². The van der Waals surface area contributed by atoms with E-state index in [1.54, 1.807) is 6.20 Å². The van der Waals surface area contributed by atoms with E-state index >= 15 is 0 Å². The number of hydrogen-bond donors (Lipinski definition) is 2. The van der Waals surface area contributed by atoms with Gasteiger partial charge in [0, 0.05) is 37.0 Å². The summed E-state index contributed by atoms with van der Waals surface area (Å²) in [4.78, 5) is 40.3. The van der Waals surface area contributed by atoms with E-state index in [1.807, 2.05) is 18.2 Å². The molecule has 4 heterocycles. The van der Waals surface area contributed by atoms with Gasteiger partial charge in [0.25, 0.3) is 5.56 Å². The zero-order valence-electron chi connectivity index (χ0n) is 15.7. The predicted molar refractivity (Wildman–Crippen MR) is 107 cm³/mol. The Kier molecular flexibility index (Phi) is 4.22. The molecule has 28 heavy (non-hydrogen) atoms. The Morgan fingerprint density at radius 1 is 1.04 bits per heavy atom. The standard InChI is InChI=1S/C21H23N5O2/c27-15-9-6-8-14-16(15)17(13-7-2-3-10-22-13)18-19(23-14)24-21(25-20(18)28)26-11-4-1-5-12-26/h2-3,7,10,17H,1,4-6,8-9,11-12H2,(H2,23,24,25,28). The van der Waals surface area contributed by atoms with Gasteiger partial charge in [-0.2, -0.15) is 4.98 Å². The van der Waals surface area contributed by atoms with Crippen molar-refractivity contribution in [3.05, 3.63) is 57.3 Å². The van der Waals surface area contributed by atoms with E-state index in [-0.39, 0.29) is 11.3 Å². The van der Waals surface area contributed by atoms with Crippen molar-refractivity contribution >= 4 is 17.5 Å². The molecule has 1 atom stereocenters. The maximum absolute atomic E-state index is 13.2. The number of carbonyl (C=O) groups excluding carboxylic acids is 1. The maximum atomic E-state index is 13.2. The zero-order chi connectivity index (χ0) is 19.1. The van der Waals surface area contributed by atoms with Gasteiger partial charge < -0.3 is 10.2 Å². The molecule has 5 rings (SSSR count). The normalized spacial score (nSPS) is 21.8. The van der Waals surface area contributed by atoms with Crippen LogP contribution in [-0.4, -0.2) is 33.8 Å². The lowest BCUT2D eigenvalue weighted by molar-refractivity contribution is -0.116. The Morgan fingerprint density at radius 2 is 1.89 bits per heavy atom. The first-order valence-electron chi connectivity index (χ1n) is 10.1. The molecule has 7 nitrogen and oxygen atoms in total. The Labute approximate surface area is 162 Å². The molecule has 0 radical (unpaired) electrons. The van der Waals surface area contributed by atoms with Gasteiger partial charge in [-0.25, -0.2) is 0 Å². The minimum atomic E-state index is -0.466. The number of carbonyl (C=O) groups is 1. The van der Waals surface area contributed by atoms with Crippen LogP contribution in [0.5, 0.6) is 0 Å². The van der Waals surface area contributed by atoms with Crippen LogP contribution in [0.4, 0.5) is 11.8 Å². The predicted octanol–water partition coefficient (Wildman–Crippen LogP) is 2.72. The Morgan fingerprint density at radius 3 is 2.68 bits per heavy atom. The first-order chi connectivity index (χ1) is 13.7. The van der Waals surface area contributed by atoms with Gasteiger partial charge in [-0.3, -0.25) is 19.6 Å². The SMILES string of the molecule is O=C1CCCC2=C1C(c1ccccn1)c1c(nc(N3CCCCC3)[nH]c1=O)N2. The summed E-state index contributed by atoms with van der Waals surface area (Å²) < 4.78 is 0. The number of ketones is 1. The molecule has 144 valence electrons. The van der Waals surface area contributed by atoms with Crippen LogP contribution in [0, 0.1) is 0 Å². The number of aromatic amines is 1. The lowest BCUT2D eigenvalue weighted by atomic mass is 9.78. The van der Waals surface area contributed by atoms with Gasteiger partial charge in [-0.1, -0.05) is 6.07 Å². The second-order valence-electron chi connectivity index (χ2n) is 7.68. The van der Waals surface area contributed by atoms with E-state index in [0.29, 0.717) is 35.0 Å². The Balaban J connectivity index is 1.67. The van der Waals surface area contributed by atoms with Gasteiger partial charge in [0.05, 0.1) is 17.2 Å². The monoisotopic (exact) mass is 377 g/mol. The fourth-order valence-electron chi connectivity index (χ4n) is 4.55. The highest BCUT2D eigenvalue weighted by Gasteiger charge is 2.38. The number of pyridine rings is 1. The molecule has 2 aromatic heterocycles. The lowest BCUT2D eigenvalue weighted by Crippen LogP contribution is -2.36. The van der Waals surface area contributed by atoms with Crippen LogP contribution in [0.25, 0.3) is 0 Å². The Bertz CT molecular complexity index is 1010. The summed E-state index contributed by atoms with van der Waals surface area (Å²) in [6, 6.07) is 5.61. The molecule has 0 bridgehead atoms. The highest BCUT2D eigenvalue weighted by atomic mass is 16.1. The van der Waals surface area contributed by atoms with Crippen molar-refractivity contribution in [2.75, 3.05) is 23.3 Å². The van der Waals surface area contributed by atoms with Crippen molar-refractivity contribution in [1.82, 2.24) is 15.0 Å². The largest absolute Gasteiger partial charge is 0.343 e. The number of fused-ring (bicyclic) bond motifs is 1. The summed E-state index contributed by atoms with van der Waals surface area (Å²) in [6.45, 7) is 1.80. The molecule has 1 saturated heterocycles. The molecule has 7 heteroatoms. The molecule has 2 aliphatic heterocycles. The fourth-order valence-corrected chi connectivity index (χ4v) is 4.55. The summed E-state index contributed by atoms with van der Waals surface area (Å²) in [6.07, 6.45) is 7.24. The smallest absolute Gasteiger partial charge is 0.258 e. The minimum absolute atomic E-state index is 0.0922. The summed E-state index contributed by atoms with van der Waals surface area (Å²) in [7, 11) is 0. The number of anilines is 2. The highest BCUT2D eigenvalue weighted by molar-refractivity contribution is 6.00. The van der Waals surface area contributed by atoms with E-state index in [4.69, 9.17) is 4.98 Å². The van der Waals surface area contributed by atoms with E-state index in [1.165, 1.54) is 6.42 Å². The number of piperidine rings is 1. The minimum Gasteiger partial charge on any atom is -0.343 e. The molecular formula is C21H23N5O2. The lowest BCUT2D eigenvalue weighted by Gasteiger charge is -2.33. The molecule has 0 spiro atoms. The number of hydrogen-bond acceptors (Lipinski definition) is 6. The van der Waals surface area contributed by atoms with Gasteiger partial charge >= 0.3 is 0 Å². The summed E-state index contributed by atoms with van der Waals surface area (Å²) in [5.41, 5.74) is 2.58. The van der Waals surface area contributed by atoms with Crippen molar-refractivity contribution in [3.63, 3.8) is 0 Å². The molecule has 3 aliphatic rings. The van der Waals surface area contributed by atoms with E-state index in [0.717, 1.165) is 44.5 Å². The Hall–Kier alpha value is -2.96. The molecule has 2 aromatic rings. The molecule has 0 amide bonds. The molecule has 1 fully saturated rings. The van der Waals surface area contributed by atoms with Crippen LogP contribution in [0.15, 0.2) is 40.5 Å². The van der Waals surface area contributed by atoms with Crippen LogP contribution in [0.1, 0.15) is 55.7 Å². The molecule has 1 unspecified atom stereocenters. The van der Waals surface area contributed by atoms with Gasteiger partial charge in [0.15, 0.2) is 5.78 Å². The zero-order valence-corrected chi connectivity index (χ0v) is 15.7. The van der Waals surface area contributed by atoms with Crippen LogP contribution in [0.3, 0.4) is 0 Å². The highest BCUT2D eigenvalue weighted by Crippen LogP contribution is 2.42. The molecule has 1 aliphatic carbocycles. The van der Waals surface area contributed by atoms with Gasteiger partial charge in [0.1, 0.15) is 5.82 Å². The van der Waals surface area contributed by atoms with Crippen LogP contribution in [0.2, 0.25) is 0 Å². The summed E-state index contributed by atoms with van der Waals surface area (Å²) >= 11 is 0. The summed E-state index contributed by atoms with van der Waals surface area (Å²) in [5.74, 6) is 0.803. The third-order valence-electron chi connectivity index (χ3n) is 5.88. The van der Waals surface area contributed by atoms with E-state index in [2.05, 4.69) is 20.2 Å².